The molecule has 132 valence electrons. The van der Waals surface area contributed by atoms with E-state index < -0.39 is 0 Å². The average molecular weight is 364 g/mol. The third kappa shape index (κ3) is 2.69. The standard InChI is InChI=1S/C21H20N2O2S/c1-13-9-14(2)20(25-3)16(10-13)19-17(12-24)23-11-18(26-21(23)22-19)15-7-5-4-6-8-15/h4-11,24H,12H2,1-3H3. The van der Waals surface area contributed by atoms with Gasteiger partial charge in [0.1, 0.15) is 5.75 Å². The first kappa shape index (κ1) is 16.8. The minimum absolute atomic E-state index is 0.0857. The molecule has 2 aromatic heterocycles. The SMILES string of the molecule is COc1c(C)cc(C)cc1-c1nc2sc(-c3ccccc3)cn2c1CO. The molecule has 4 nitrogen and oxygen atoms in total. The maximum absolute atomic E-state index is 10.1. The summed E-state index contributed by atoms with van der Waals surface area (Å²) in [6.45, 7) is 4.00. The second-order valence-electron chi connectivity index (χ2n) is 6.34. The predicted molar refractivity (Wildman–Crippen MR) is 106 cm³/mol. The van der Waals surface area contributed by atoms with E-state index in [9.17, 15) is 5.11 Å². The van der Waals surface area contributed by atoms with Crippen molar-refractivity contribution in [3.63, 3.8) is 0 Å². The van der Waals surface area contributed by atoms with E-state index in [0.717, 1.165) is 49.2 Å². The first-order chi connectivity index (χ1) is 12.6. The van der Waals surface area contributed by atoms with Crippen molar-refractivity contribution in [2.24, 2.45) is 0 Å². The van der Waals surface area contributed by atoms with Crippen molar-refractivity contribution in [2.75, 3.05) is 7.11 Å². The molecule has 0 aliphatic rings. The second-order valence-corrected chi connectivity index (χ2v) is 7.35. The van der Waals surface area contributed by atoms with Gasteiger partial charge in [0.15, 0.2) is 4.96 Å². The summed E-state index contributed by atoms with van der Waals surface area (Å²) in [5, 5.41) is 10.1. The molecule has 2 heterocycles. The Hall–Kier alpha value is -2.63. The van der Waals surface area contributed by atoms with Gasteiger partial charge >= 0.3 is 0 Å². The molecule has 4 aromatic rings. The number of methoxy groups -OCH3 is 1. The Morgan fingerprint density at radius 3 is 2.62 bits per heavy atom. The van der Waals surface area contributed by atoms with Crippen molar-refractivity contribution in [1.82, 2.24) is 9.38 Å². The lowest BCUT2D eigenvalue weighted by Gasteiger charge is -2.12. The van der Waals surface area contributed by atoms with Crippen molar-refractivity contribution in [3.8, 4) is 27.4 Å². The minimum Gasteiger partial charge on any atom is -0.496 e. The molecule has 0 radical (unpaired) electrons. The van der Waals surface area contributed by atoms with E-state index in [4.69, 9.17) is 9.72 Å². The zero-order chi connectivity index (χ0) is 18.3. The zero-order valence-corrected chi connectivity index (χ0v) is 15.8. The molecule has 0 saturated carbocycles. The van der Waals surface area contributed by atoms with Gasteiger partial charge in [-0.1, -0.05) is 47.7 Å². The van der Waals surface area contributed by atoms with E-state index in [0.29, 0.717) is 0 Å². The fourth-order valence-electron chi connectivity index (χ4n) is 3.39. The maximum Gasteiger partial charge on any atom is 0.195 e. The Balaban J connectivity index is 1.92. The number of hydrogen-bond donors (Lipinski definition) is 1. The van der Waals surface area contributed by atoms with Gasteiger partial charge in [-0.25, -0.2) is 4.98 Å². The number of rotatable bonds is 4. The molecule has 0 atom stereocenters. The molecule has 0 unspecified atom stereocenters. The van der Waals surface area contributed by atoms with Crippen LogP contribution in [0.2, 0.25) is 0 Å². The number of hydrogen-bond acceptors (Lipinski definition) is 4. The lowest BCUT2D eigenvalue weighted by atomic mass is 10.0. The maximum atomic E-state index is 10.1. The smallest absolute Gasteiger partial charge is 0.195 e. The molecular weight excluding hydrogens is 344 g/mol. The normalized spacial score (nSPS) is 11.2. The molecule has 26 heavy (non-hydrogen) atoms. The summed E-state index contributed by atoms with van der Waals surface area (Å²) in [4.78, 5) is 6.82. The molecule has 0 aliphatic carbocycles. The van der Waals surface area contributed by atoms with E-state index in [2.05, 4.69) is 31.2 Å². The average Bonchev–Trinajstić information content (AvgIpc) is 3.19. The number of fused-ring (bicyclic) bond motifs is 1. The van der Waals surface area contributed by atoms with Crippen LogP contribution in [0.4, 0.5) is 0 Å². The van der Waals surface area contributed by atoms with Crippen LogP contribution in [0.3, 0.4) is 0 Å². The second kappa shape index (κ2) is 6.59. The number of nitrogens with zero attached hydrogens (tertiary/aromatic N) is 2. The summed E-state index contributed by atoms with van der Waals surface area (Å²) in [5.41, 5.74) is 5.84. The van der Waals surface area contributed by atoms with Crippen LogP contribution in [0.1, 0.15) is 16.8 Å². The lowest BCUT2D eigenvalue weighted by Crippen LogP contribution is -1.97. The highest BCUT2D eigenvalue weighted by Crippen LogP contribution is 2.38. The van der Waals surface area contributed by atoms with Crippen molar-refractivity contribution in [2.45, 2.75) is 20.5 Å². The van der Waals surface area contributed by atoms with E-state index in [-0.39, 0.29) is 6.61 Å². The van der Waals surface area contributed by atoms with Gasteiger partial charge in [0.05, 0.1) is 30.0 Å². The lowest BCUT2D eigenvalue weighted by molar-refractivity contribution is 0.276. The molecule has 5 heteroatoms. The van der Waals surface area contributed by atoms with E-state index in [1.54, 1.807) is 18.4 Å². The summed E-state index contributed by atoms with van der Waals surface area (Å²) in [6.07, 6.45) is 2.05. The van der Waals surface area contributed by atoms with Gasteiger partial charge in [0.25, 0.3) is 0 Å². The first-order valence-electron chi connectivity index (χ1n) is 8.45. The molecule has 1 N–H and O–H groups in total. The van der Waals surface area contributed by atoms with Crippen molar-refractivity contribution in [1.29, 1.82) is 0 Å². The van der Waals surface area contributed by atoms with E-state index in [1.807, 2.05) is 35.7 Å². The Kier molecular flexibility index (Phi) is 4.26. The quantitative estimate of drug-likeness (QED) is 0.563. The summed E-state index contributed by atoms with van der Waals surface area (Å²) in [6, 6.07) is 14.4. The van der Waals surface area contributed by atoms with Gasteiger partial charge in [-0.3, -0.25) is 4.40 Å². The summed E-state index contributed by atoms with van der Waals surface area (Å²) < 4.78 is 7.61. The van der Waals surface area contributed by atoms with Gasteiger partial charge in [-0.15, -0.1) is 0 Å². The van der Waals surface area contributed by atoms with Gasteiger partial charge in [0.2, 0.25) is 0 Å². The number of benzene rings is 2. The fraction of sp³-hybridized carbons (Fsp3) is 0.190. The van der Waals surface area contributed by atoms with Crippen LogP contribution < -0.4 is 4.74 Å². The van der Waals surface area contributed by atoms with Crippen LogP contribution in [0.5, 0.6) is 5.75 Å². The molecule has 4 rings (SSSR count). The Morgan fingerprint density at radius 2 is 1.92 bits per heavy atom. The molecule has 0 spiro atoms. The summed E-state index contributed by atoms with van der Waals surface area (Å²) in [7, 11) is 1.67. The largest absolute Gasteiger partial charge is 0.496 e. The van der Waals surface area contributed by atoms with Gasteiger partial charge in [0, 0.05) is 11.8 Å². The topological polar surface area (TPSA) is 46.8 Å². The molecule has 0 fully saturated rings. The van der Waals surface area contributed by atoms with Crippen molar-refractivity contribution >= 4 is 16.3 Å². The van der Waals surface area contributed by atoms with Crippen LogP contribution in [-0.4, -0.2) is 21.6 Å². The first-order valence-corrected chi connectivity index (χ1v) is 9.26. The van der Waals surface area contributed by atoms with Gasteiger partial charge in [-0.05, 0) is 36.6 Å². The Morgan fingerprint density at radius 1 is 1.15 bits per heavy atom. The van der Waals surface area contributed by atoms with E-state index >= 15 is 0 Å². The highest BCUT2D eigenvalue weighted by atomic mass is 32.1. The van der Waals surface area contributed by atoms with E-state index in [1.165, 1.54) is 0 Å². The summed E-state index contributed by atoms with van der Waals surface area (Å²) in [5.74, 6) is 0.805. The Bertz CT molecular complexity index is 1080. The monoisotopic (exact) mass is 364 g/mol. The number of aryl methyl sites for hydroxylation is 2. The molecule has 0 amide bonds. The molecule has 0 aliphatic heterocycles. The fourth-order valence-corrected chi connectivity index (χ4v) is 4.40. The third-order valence-electron chi connectivity index (χ3n) is 4.51. The molecule has 0 saturated heterocycles. The molecular formula is C21H20N2O2S. The van der Waals surface area contributed by atoms with Crippen LogP contribution in [0, 0.1) is 13.8 Å². The van der Waals surface area contributed by atoms with Crippen molar-refractivity contribution in [3.05, 3.63) is 65.5 Å². The number of imidazole rings is 1. The number of ether oxygens (including phenoxy) is 1. The van der Waals surface area contributed by atoms with Crippen LogP contribution in [-0.2, 0) is 6.61 Å². The highest BCUT2D eigenvalue weighted by molar-refractivity contribution is 7.20. The van der Waals surface area contributed by atoms with Crippen molar-refractivity contribution < 1.29 is 9.84 Å². The predicted octanol–water partition coefficient (Wildman–Crippen LogP) is 4.85. The minimum atomic E-state index is -0.0857. The molecule has 0 bridgehead atoms. The van der Waals surface area contributed by atoms with Gasteiger partial charge in [-0.2, -0.15) is 0 Å². The summed E-state index contributed by atoms with van der Waals surface area (Å²) >= 11 is 1.62. The number of thiazole rings is 1. The highest BCUT2D eigenvalue weighted by Gasteiger charge is 2.20. The van der Waals surface area contributed by atoms with Gasteiger partial charge < -0.3 is 9.84 Å². The molecule has 2 aromatic carbocycles. The number of aliphatic hydroxyl groups excluding tert-OH is 1. The third-order valence-corrected chi connectivity index (χ3v) is 5.54. The number of aliphatic hydroxyl groups is 1. The number of aromatic nitrogens is 2. The van der Waals surface area contributed by atoms with Crippen LogP contribution >= 0.6 is 11.3 Å². The Labute approximate surface area is 156 Å². The zero-order valence-electron chi connectivity index (χ0n) is 15.0. The van der Waals surface area contributed by atoms with Crippen LogP contribution in [0.25, 0.3) is 26.7 Å². The van der Waals surface area contributed by atoms with Crippen LogP contribution in [0.15, 0.2) is 48.7 Å².